The lowest BCUT2D eigenvalue weighted by molar-refractivity contribution is -0.138. The number of thioether (sulfide) groups is 1. The number of carbonyl (C=O) groups is 2. The average Bonchev–Trinajstić information content (AvgIpc) is 2.63. The van der Waals surface area contributed by atoms with Crippen LogP contribution >= 0.6 is 11.8 Å². The number of ether oxygens (including phenoxy) is 1. The molecule has 0 bridgehead atoms. The van der Waals surface area contributed by atoms with Crippen molar-refractivity contribution >= 4 is 23.5 Å². The van der Waals surface area contributed by atoms with Crippen molar-refractivity contribution in [2.45, 2.75) is 46.5 Å². The van der Waals surface area contributed by atoms with Crippen LogP contribution in [0.4, 0.5) is 0 Å². The molecule has 0 aromatic carbocycles. The number of dihydropyridines is 1. The minimum Gasteiger partial charge on any atom is -0.461 e. The van der Waals surface area contributed by atoms with E-state index in [9.17, 15) is 9.59 Å². The Morgan fingerprint density at radius 2 is 2.14 bits per heavy atom. The second-order valence-corrected chi connectivity index (χ2v) is 9.41. The summed E-state index contributed by atoms with van der Waals surface area (Å²) in [5, 5.41) is 3.34. The lowest BCUT2D eigenvalue weighted by Gasteiger charge is -2.39. The number of aromatic nitrogens is 1. The van der Waals surface area contributed by atoms with Crippen molar-refractivity contribution in [3.05, 3.63) is 52.6 Å². The zero-order valence-corrected chi connectivity index (χ0v) is 17.8. The van der Waals surface area contributed by atoms with Gasteiger partial charge in [0.15, 0.2) is 5.78 Å². The maximum absolute atomic E-state index is 13.1. The molecule has 28 heavy (non-hydrogen) atoms. The number of nitrogens with one attached hydrogen (secondary N) is 1. The molecule has 3 rings (SSSR count). The number of Topliss-reactive ketones (excluding diaryl/α,β-unsaturated/α-hetero) is 1. The lowest BCUT2D eigenvalue weighted by Crippen LogP contribution is -2.39. The number of hydrogen-bond donors (Lipinski definition) is 1. The maximum Gasteiger partial charge on any atom is 0.336 e. The van der Waals surface area contributed by atoms with Crippen LogP contribution < -0.4 is 5.32 Å². The number of allylic oxidation sites excluding steroid dienone is 3. The van der Waals surface area contributed by atoms with Crippen LogP contribution in [0.5, 0.6) is 0 Å². The number of ketones is 1. The molecule has 0 saturated carbocycles. The van der Waals surface area contributed by atoms with E-state index in [1.54, 1.807) is 18.0 Å². The molecule has 6 heteroatoms. The molecule has 1 aromatic heterocycles. The molecule has 1 aromatic rings. The van der Waals surface area contributed by atoms with E-state index in [0.717, 1.165) is 29.3 Å². The Labute approximate surface area is 171 Å². The monoisotopic (exact) mass is 400 g/mol. The Morgan fingerprint density at radius 1 is 1.36 bits per heavy atom. The fourth-order valence-electron chi connectivity index (χ4n) is 3.96. The predicted octanol–water partition coefficient (Wildman–Crippen LogP) is 3.98. The second kappa shape index (κ2) is 8.52. The molecule has 1 atom stereocenters. The number of pyridine rings is 1. The van der Waals surface area contributed by atoms with Gasteiger partial charge in [0.2, 0.25) is 0 Å². The zero-order chi connectivity index (χ0) is 20.3. The van der Waals surface area contributed by atoms with Crippen molar-refractivity contribution in [1.82, 2.24) is 10.3 Å². The van der Waals surface area contributed by atoms with Gasteiger partial charge in [0.1, 0.15) is 6.61 Å². The van der Waals surface area contributed by atoms with Crippen LogP contribution in [-0.4, -0.2) is 34.8 Å². The number of carbonyl (C=O) groups excluding carboxylic acids is 2. The van der Waals surface area contributed by atoms with Crippen LogP contribution in [0, 0.1) is 5.41 Å². The minimum absolute atomic E-state index is 0.0775. The van der Waals surface area contributed by atoms with Crippen molar-refractivity contribution in [3.8, 4) is 0 Å². The first kappa shape index (κ1) is 20.6. The van der Waals surface area contributed by atoms with Gasteiger partial charge < -0.3 is 10.1 Å². The summed E-state index contributed by atoms with van der Waals surface area (Å²) < 4.78 is 5.54. The van der Waals surface area contributed by atoms with Crippen molar-refractivity contribution in [3.63, 3.8) is 0 Å². The van der Waals surface area contributed by atoms with E-state index < -0.39 is 5.92 Å². The molecule has 1 aliphatic carbocycles. The van der Waals surface area contributed by atoms with Crippen molar-refractivity contribution in [2.24, 2.45) is 5.41 Å². The summed E-state index contributed by atoms with van der Waals surface area (Å²) in [6.07, 6.45) is 2.93. The third-order valence-corrected chi connectivity index (χ3v) is 5.97. The predicted molar refractivity (Wildman–Crippen MR) is 112 cm³/mol. The summed E-state index contributed by atoms with van der Waals surface area (Å²) in [5.74, 6) is 0.970. The lowest BCUT2D eigenvalue weighted by atomic mass is 9.69. The first-order valence-electron chi connectivity index (χ1n) is 9.74. The highest BCUT2D eigenvalue weighted by molar-refractivity contribution is 7.99. The molecule has 0 fully saturated rings. The van der Waals surface area contributed by atoms with Gasteiger partial charge in [-0.05, 0) is 36.6 Å². The number of hydrogen-bond acceptors (Lipinski definition) is 6. The first-order chi connectivity index (χ1) is 13.3. The van der Waals surface area contributed by atoms with Crippen LogP contribution in [0.1, 0.15) is 52.1 Å². The molecule has 1 aliphatic heterocycles. The standard InChI is InChI=1S/C22H28N2O3S/c1-5-28-11-10-27-21(26)18-14(2)24-16-12-22(3,4)13-17(25)19(16)20(18)15-8-6-7-9-23-15/h6-9,20,24H,5,10-13H2,1-4H3. The molecule has 5 nitrogen and oxygen atoms in total. The molecule has 0 spiro atoms. The second-order valence-electron chi connectivity index (χ2n) is 8.02. The van der Waals surface area contributed by atoms with E-state index in [-0.39, 0.29) is 17.2 Å². The Kier molecular flexibility index (Phi) is 6.28. The van der Waals surface area contributed by atoms with Gasteiger partial charge in [-0.3, -0.25) is 9.78 Å². The topological polar surface area (TPSA) is 68.3 Å². The van der Waals surface area contributed by atoms with E-state index in [0.29, 0.717) is 29.9 Å². The Bertz CT molecular complexity index is 827. The minimum atomic E-state index is -0.479. The Morgan fingerprint density at radius 3 is 2.82 bits per heavy atom. The highest BCUT2D eigenvalue weighted by atomic mass is 32.2. The van der Waals surface area contributed by atoms with Crippen LogP contribution in [0.15, 0.2) is 46.9 Å². The van der Waals surface area contributed by atoms with Gasteiger partial charge in [-0.2, -0.15) is 11.8 Å². The smallest absolute Gasteiger partial charge is 0.336 e. The van der Waals surface area contributed by atoms with Crippen molar-refractivity contribution < 1.29 is 14.3 Å². The van der Waals surface area contributed by atoms with Gasteiger partial charge in [-0.15, -0.1) is 0 Å². The summed E-state index contributed by atoms with van der Waals surface area (Å²) in [7, 11) is 0. The van der Waals surface area contributed by atoms with Crippen molar-refractivity contribution in [1.29, 1.82) is 0 Å². The molecule has 150 valence electrons. The summed E-state index contributed by atoms with van der Waals surface area (Å²) in [6, 6.07) is 5.60. The summed E-state index contributed by atoms with van der Waals surface area (Å²) in [4.78, 5) is 30.6. The highest BCUT2D eigenvalue weighted by Crippen LogP contribution is 2.46. The van der Waals surface area contributed by atoms with Gasteiger partial charge in [-0.1, -0.05) is 26.8 Å². The van der Waals surface area contributed by atoms with Gasteiger partial charge in [0.25, 0.3) is 0 Å². The van der Waals surface area contributed by atoms with Crippen LogP contribution in [0.2, 0.25) is 0 Å². The van der Waals surface area contributed by atoms with Gasteiger partial charge >= 0.3 is 5.97 Å². The average molecular weight is 401 g/mol. The zero-order valence-electron chi connectivity index (χ0n) is 17.0. The summed E-state index contributed by atoms with van der Waals surface area (Å²) >= 11 is 1.73. The molecular formula is C22H28N2O3S. The third-order valence-electron chi connectivity index (χ3n) is 5.11. The van der Waals surface area contributed by atoms with Gasteiger partial charge in [0.05, 0.1) is 17.2 Å². The highest BCUT2D eigenvalue weighted by Gasteiger charge is 2.43. The van der Waals surface area contributed by atoms with E-state index >= 15 is 0 Å². The van der Waals surface area contributed by atoms with E-state index in [4.69, 9.17) is 4.74 Å². The SMILES string of the molecule is CCSCCOC(=O)C1=C(C)NC2=C(C(=O)CC(C)(C)C2)C1c1ccccn1. The molecule has 1 N–H and O–H groups in total. The molecule has 0 amide bonds. The van der Waals surface area contributed by atoms with Crippen molar-refractivity contribution in [2.75, 3.05) is 18.1 Å². The van der Waals surface area contributed by atoms with E-state index in [1.807, 2.05) is 25.1 Å². The van der Waals surface area contributed by atoms with E-state index in [2.05, 4.69) is 31.1 Å². The van der Waals surface area contributed by atoms with Crippen LogP contribution in [-0.2, 0) is 14.3 Å². The molecule has 0 radical (unpaired) electrons. The summed E-state index contributed by atoms with van der Waals surface area (Å²) in [5.41, 5.74) is 3.41. The molecule has 1 unspecified atom stereocenters. The Hall–Kier alpha value is -2.08. The first-order valence-corrected chi connectivity index (χ1v) is 10.9. The Balaban J connectivity index is 1.99. The third kappa shape index (κ3) is 4.32. The number of rotatable bonds is 6. The quantitative estimate of drug-likeness (QED) is 0.575. The largest absolute Gasteiger partial charge is 0.461 e. The van der Waals surface area contributed by atoms with Crippen LogP contribution in [0.3, 0.4) is 0 Å². The molecular weight excluding hydrogens is 372 g/mol. The normalized spacial score (nSPS) is 21.3. The molecule has 2 aliphatic rings. The van der Waals surface area contributed by atoms with Gasteiger partial charge in [-0.25, -0.2) is 4.79 Å². The van der Waals surface area contributed by atoms with E-state index in [1.165, 1.54) is 0 Å². The number of nitrogens with zero attached hydrogens (tertiary/aromatic N) is 1. The van der Waals surface area contributed by atoms with Crippen LogP contribution in [0.25, 0.3) is 0 Å². The molecule has 2 heterocycles. The molecule has 0 saturated heterocycles. The van der Waals surface area contributed by atoms with Gasteiger partial charge in [0, 0.05) is 35.3 Å². The fourth-order valence-corrected chi connectivity index (χ4v) is 4.45. The fraction of sp³-hybridized carbons (Fsp3) is 0.500. The summed E-state index contributed by atoms with van der Waals surface area (Å²) in [6.45, 7) is 8.51. The maximum atomic E-state index is 13.1. The number of esters is 1.